The molecule has 0 unspecified atom stereocenters. The van der Waals surface area contributed by atoms with Crippen molar-refractivity contribution in [2.75, 3.05) is 34.0 Å². The van der Waals surface area contributed by atoms with Crippen molar-refractivity contribution in [1.29, 1.82) is 0 Å². The summed E-state index contributed by atoms with van der Waals surface area (Å²) in [5.74, 6) is -0.0858. The van der Waals surface area contributed by atoms with E-state index in [0.29, 0.717) is 33.4 Å². The first kappa shape index (κ1) is 23.1. The highest BCUT2D eigenvalue weighted by Gasteiger charge is 2.33. The van der Waals surface area contributed by atoms with E-state index in [1.807, 2.05) is 42.5 Å². The molecule has 3 rings (SSSR count). The molecule has 0 N–H and O–H groups in total. The number of benzene rings is 2. The number of ether oxygens (including phenoxy) is 3. The van der Waals surface area contributed by atoms with E-state index < -0.39 is 5.97 Å². The van der Waals surface area contributed by atoms with E-state index in [2.05, 4.69) is 25.7 Å². The monoisotopic (exact) mass is 504 g/mol. The predicted octanol–water partition coefficient (Wildman–Crippen LogP) is 4.25. The molecule has 1 amide bonds. The molecule has 0 bridgehead atoms. The van der Waals surface area contributed by atoms with Crippen LogP contribution in [-0.4, -0.2) is 55.9 Å². The van der Waals surface area contributed by atoms with Gasteiger partial charge in [0.05, 0.1) is 35.3 Å². The second-order valence-electron chi connectivity index (χ2n) is 6.34. The number of nitrogens with zero attached hydrogens (tertiary/aromatic N) is 2. The first-order valence-electron chi connectivity index (χ1n) is 9.35. The summed E-state index contributed by atoms with van der Waals surface area (Å²) in [5, 5.41) is 0.608. The lowest BCUT2D eigenvalue weighted by molar-refractivity contribution is -0.142. The number of carbonyl (C=O) groups excluding carboxylic acids is 2. The molecule has 0 atom stereocenters. The number of esters is 1. The van der Waals surface area contributed by atoms with Crippen LogP contribution < -0.4 is 4.74 Å². The van der Waals surface area contributed by atoms with Crippen LogP contribution in [0.5, 0.6) is 5.75 Å². The minimum Gasteiger partial charge on any atom is -0.481 e. The minimum atomic E-state index is -0.465. The van der Waals surface area contributed by atoms with E-state index in [9.17, 15) is 9.59 Å². The molecule has 9 heteroatoms. The number of para-hydroxylation sites is 1. The molecule has 1 aliphatic rings. The number of methoxy groups -OCH3 is 2. The fourth-order valence-corrected chi connectivity index (χ4v) is 4.19. The van der Waals surface area contributed by atoms with Crippen LogP contribution in [0.1, 0.15) is 5.56 Å². The third kappa shape index (κ3) is 6.19. The number of rotatable bonds is 8. The summed E-state index contributed by atoms with van der Waals surface area (Å²) < 4.78 is 15.8. The number of carbonyl (C=O) groups is 2. The second kappa shape index (κ2) is 11.1. The molecule has 1 aliphatic heterocycles. The van der Waals surface area contributed by atoms with Crippen LogP contribution in [-0.2, 0) is 19.1 Å². The molecule has 7 nitrogen and oxygen atoms in total. The van der Waals surface area contributed by atoms with Gasteiger partial charge in [-0.1, -0.05) is 24.3 Å². The summed E-state index contributed by atoms with van der Waals surface area (Å²) in [6, 6.07) is 14.9. The zero-order valence-corrected chi connectivity index (χ0v) is 19.4. The van der Waals surface area contributed by atoms with Crippen molar-refractivity contribution in [2.24, 2.45) is 4.99 Å². The van der Waals surface area contributed by atoms with Crippen molar-refractivity contribution in [3.05, 3.63) is 63.5 Å². The number of halogens is 1. The van der Waals surface area contributed by atoms with Crippen molar-refractivity contribution in [2.45, 2.75) is 0 Å². The van der Waals surface area contributed by atoms with Gasteiger partial charge in [0.25, 0.3) is 5.91 Å². The molecular weight excluding hydrogens is 484 g/mol. The van der Waals surface area contributed by atoms with Crippen molar-refractivity contribution < 1.29 is 23.8 Å². The lowest BCUT2D eigenvalue weighted by Gasteiger charge is -2.14. The fraction of sp³-hybridized carbons (Fsp3) is 0.227. The maximum atomic E-state index is 13.0. The highest BCUT2D eigenvalue weighted by atomic mass is 79.9. The maximum Gasteiger partial charge on any atom is 0.343 e. The van der Waals surface area contributed by atoms with Gasteiger partial charge in [0.1, 0.15) is 5.75 Å². The molecule has 0 radical (unpaired) electrons. The van der Waals surface area contributed by atoms with E-state index in [1.54, 1.807) is 24.2 Å². The van der Waals surface area contributed by atoms with E-state index in [0.717, 1.165) is 11.3 Å². The van der Waals surface area contributed by atoms with Gasteiger partial charge in [0.2, 0.25) is 0 Å². The number of aliphatic imine (C=N–C) groups is 1. The molecule has 0 aromatic heterocycles. The van der Waals surface area contributed by atoms with Gasteiger partial charge in [-0.3, -0.25) is 9.69 Å². The van der Waals surface area contributed by atoms with Gasteiger partial charge >= 0.3 is 5.97 Å². The third-order valence-corrected chi connectivity index (χ3v) is 5.84. The van der Waals surface area contributed by atoms with Crippen molar-refractivity contribution in [3.8, 4) is 5.75 Å². The van der Waals surface area contributed by atoms with Crippen molar-refractivity contribution in [1.82, 2.24) is 4.90 Å². The van der Waals surface area contributed by atoms with E-state index in [1.165, 1.54) is 18.9 Å². The molecule has 1 saturated heterocycles. The Kier molecular flexibility index (Phi) is 8.27. The van der Waals surface area contributed by atoms with Crippen LogP contribution in [0.25, 0.3) is 6.08 Å². The average Bonchev–Trinajstić information content (AvgIpc) is 3.06. The van der Waals surface area contributed by atoms with E-state index in [-0.39, 0.29) is 12.5 Å². The summed E-state index contributed by atoms with van der Waals surface area (Å²) >= 11 is 4.76. The SMILES string of the molecule is COCCN1C(=O)/C(=C/c2ccc(OCC(=O)OC)c(Br)c2)SC1=Nc1ccccc1. The minimum absolute atomic E-state index is 0.126. The molecule has 1 heterocycles. The standard InChI is InChI=1S/C22H21BrN2O5S/c1-28-11-10-25-21(27)19(31-22(25)24-16-6-4-3-5-7-16)13-15-8-9-18(17(23)12-15)30-14-20(26)29-2/h3-9,12-13H,10-11,14H2,1-2H3/b19-13-,24-22?. The summed E-state index contributed by atoms with van der Waals surface area (Å²) in [6.45, 7) is 0.637. The van der Waals surface area contributed by atoms with Crippen molar-refractivity contribution >= 4 is 56.5 Å². The number of thioether (sulfide) groups is 1. The highest BCUT2D eigenvalue weighted by molar-refractivity contribution is 9.10. The lowest BCUT2D eigenvalue weighted by Crippen LogP contribution is -2.32. The zero-order valence-electron chi connectivity index (χ0n) is 17.0. The number of hydrogen-bond donors (Lipinski definition) is 0. The number of hydrogen-bond acceptors (Lipinski definition) is 7. The molecule has 0 spiro atoms. The molecule has 31 heavy (non-hydrogen) atoms. The Balaban J connectivity index is 1.82. The number of amides is 1. The van der Waals surface area contributed by atoms with Crippen LogP contribution >= 0.6 is 27.7 Å². The second-order valence-corrected chi connectivity index (χ2v) is 8.21. The Morgan fingerprint density at radius 2 is 1.97 bits per heavy atom. The van der Waals surface area contributed by atoms with Gasteiger partial charge < -0.3 is 14.2 Å². The summed E-state index contributed by atoms with van der Waals surface area (Å²) in [7, 11) is 2.90. The van der Waals surface area contributed by atoms with Gasteiger partial charge in [0, 0.05) is 7.11 Å². The van der Waals surface area contributed by atoms with Gasteiger partial charge in [-0.2, -0.15) is 0 Å². The van der Waals surface area contributed by atoms with Gasteiger partial charge in [0.15, 0.2) is 11.8 Å². The van der Waals surface area contributed by atoms with Gasteiger partial charge in [-0.15, -0.1) is 0 Å². The molecule has 1 fully saturated rings. The Bertz CT molecular complexity index is 1010. The Morgan fingerprint density at radius 3 is 2.65 bits per heavy atom. The first-order valence-corrected chi connectivity index (χ1v) is 11.0. The van der Waals surface area contributed by atoms with Crippen molar-refractivity contribution in [3.63, 3.8) is 0 Å². The Hall–Kier alpha value is -2.62. The van der Waals surface area contributed by atoms with Crippen LogP contribution in [0, 0.1) is 0 Å². The smallest absolute Gasteiger partial charge is 0.343 e. The molecule has 0 saturated carbocycles. The zero-order chi connectivity index (χ0) is 22.2. The molecule has 2 aromatic carbocycles. The van der Waals surface area contributed by atoms with E-state index in [4.69, 9.17) is 9.47 Å². The van der Waals surface area contributed by atoms with E-state index >= 15 is 0 Å². The lowest BCUT2D eigenvalue weighted by atomic mass is 10.2. The number of amidine groups is 1. The predicted molar refractivity (Wildman–Crippen MR) is 124 cm³/mol. The largest absolute Gasteiger partial charge is 0.481 e. The summed E-state index contributed by atoms with van der Waals surface area (Å²) in [4.78, 5) is 31.1. The third-order valence-electron chi connectivity index (χ3n) is 4.21. The Morgan fingerprint density at radius 1 is 1.19 bits per heavy atom. The normalized spacial score (nSPS) is 16.2. The molecule has 2 aromatic rings. The van der Waals surface area contributed by atoms with Crippen LogP contribution in [0.15, 0.2) is 62.9 Å². The Labute approximate surface area is 193 Å². The molecule has 162 valence electrons. The maximum absolute atomic E-state index is 13.0. The molecular formula is C22H21BrN2O5S. The van der Waals surface area contributed by atoms with Crippen LogP contribution in [0.3, 0.4) is 0 Å². The average molecular weight is 505 g/mol. The first-order chi connectivity index (χ1) is 15.0. The molecule has 0 aliphatic carbocycles. The van der Waals surface area contributed by atoms with Gasteiger partial charge in [-0.25, -0.2) is 9.79 Å². The highest BCUT2D eigenvalue weighted by Crippen LogP contribution is 2.35. The summed E-state index contributed by atoms with van der Waals surface area (Å²) in [6.07, 6.45) is 1.80. The quantitative estimate of drug-likeness (QED) is 0.395. The van der Waals surface area contributed by atoms with Crippen LogP contribution in [0.2, 0.25) is 0 Å². The topological polar surface area (TPSA) is 77.4 Å². The summed E-state index contributed by atoms with van der Waals surface area (Å²) in [5.41, 5.74) is 1.58. The van der Waals surface area contributed by atoms with Crippen LogP contribution in [0.4, 0.5) is 5.69 Å². The fourth-order valence-electron chi connectivity index (χ4n) is 2.65. The van der Waals surface area contributed by atoms with Gasteiger partial charge in [-0.05, 0) is 63.6 Å².